The molecule has 0 aromatic heterocycles. The summed E-state index contributed by atoms with van der Waals surface area (Å²) in [5.74, 6) is 0.773. The number of hydrogen-bond acceptors (Lipinski definition) is 6. The second kappa shape index (κ2) is 7.34. The van der Waals surface area contributed by atoms with Crippen LogP contribution in [0.5, 0.6) is 0 Å². The van der Waals surface area contributed by atoms with E-state index in [2.05, 4.69) is 0 Å². The lowest BCUT2D eigenvalue weighted by Gasteiger charge is -2.59. The van der Waals surface area contributed by atoms with Gasteiger partial charge in [-0.2, -0.15) is 0 Å². The van der Waals surface area contributed by atoms with Crippen molar-refractivity contribution >= 4 is 17.9 Å². The van der Waals surface area contributed by atoms with Gasteiger partial charge in [0.1, 0.15) is 5.60 Å². The van der Waals surface area contributed by atoms with E-state index in [0.717, 1.165) is 37.5 Å². The molecular weight excluding hydrogens is 324 g/mol. The van der Waals surface area contributed by atoms with Gasteiger partial charge in [-0.25, -0.2) is 9.59 Å². The topological polar surface area (TPSA) is 78.9 Å². The molecule has 4 aliphatic rings. The van der Waals surface area contributed by atoms with Crippen LogP contribution in [0.2, 0.25) is 0 Å². The quantitative estimate of drug-likeness (QED) is 0.518. The molecular formula is C19H28O6. The normalized spacial score (nSPS) is 35.3. The summed E-state index contributed by atoms with van der Waals surface area (Å²) in [6.45, 7) is 3.01. The molecule has 0 N–H and O–H groups in total. The fourth-order valence-corrected chi connectivity index (χ4v) is 5.16. The Balaban J connectivity index is 1.43. The molecule has 0 radical (unpaired) electrons. The van der Waals surface area contributed by atoms with E-state index >= 15 is 0 Å². The minimum atomic E-state index is -0.725. The van der Waals surface area contributed by atoms with E-state index in [9.17, 15) is 14.4 Å². The van der Waals surface area contributed by atoms with Crippen molar-refractivity contribution in [2.45, 2.75) is 64.4 Å². The molecule has 0 spiro atoms. The van der Waals surface area contributed by atoms with Crippen LogP contribution in [0.25, 0.3) is 0 Å². The van der Waals surface area contributed by atoms with E-state index in [1.807, 2.05) is 13.8 Å². The van der Waals surface area contributed by atoms with Gasteiger partial charge in [0, 0.05) is 6.42 Å². The van der Waals surface area contributed by atoms with Crippen LogP contribution in [0, 0.1) is 23.7 Å². The van der Waals surface area contributed by atoms with Gasteiger partial charge in [-0.05, 0) is 69.1 Å². The summed E-state index contributed by atoms with van der Waals surface area (Å²) < 4.78 is 15.4. The Morgan fingerprint density at radius 2 is 1.36 bits per heavy atom. The molecule has 4 saturated carbocycles. The van der Waals surface area contributed by atoms with Crippen molar-refractivity contribution in [2.75, 3.05) is 13.2 Å². The van der Waals surface area contributed by atoms with Crippen molar-refractivity contribution in [3.05, 3.63) is 0 Å². The molecule has 0 heterocycles. The van der Waals surface area contributed by atoms with Crippen molar-refractivity contribution in [1.82, 2.24) is 0 Å². The molecule has 4 bridgehead atoms. The Kier molecular flexibility index (Phi) is 5.35. The third kappa shape index (κ3) is 3.98. The molecule has 4 rings (SSSR count). The first-order valence-electron chi connectivity index (χ1n) is 9.43. The maximum absolute atomic E-state index is 12.2. The van der Waals surface area contributed by atoms with Crippen LogP contribution >= 0.6 is 0 Å². The molecule has 0 atom stereocenters. The summed E-state index contributed by atoms with van der Waals surface area (Å²) in [6, 6.07) is 0. The minimum Gasteiger partial charge on any atom is -0.456 e. The molecule has 6 heteroatoms. The zero-order valence-electron chi connectivity index (χ0n) is 15.1. The highest BCUT2D eigenvalue weighted by molar-refractivity contribution is 5.79. The highest BCUT2D eigenvalue weighted by Crippen LogP contribution is 2.59. The highest BCUT2D eigenvalue weighted by Gasteiger charge is 2.57. The molecule has 0 unspecified atom stereocenters. The van der Waals surface area contributed by atoms with E-state index in [1.54, 1.807) is 0 Å². The first kappa shape index (κ1) is 18.2. The van der Waals surface area contributed by atoms with Gasteiger partial charge in [0.15, 0.2) is 13.2 Å². The molecule has 4 fully saturated rings. The van der Waals surface area contributed by atoms with Gasteiger partial charge in [-0.1, -0.05) is 6.92 Å². The van der Waals surface area contributed by atoms with Gasteiger partial charge >= 0.3 is 17.9 Å². The van der Waals surface area contributed by atoms with Gasteiger partial charge in [0.2, 0.25) is 0 Å². The molecule has 0 aromatic carbocycles. The standard InChI is InChI=1S/C19H28O6/c1-3-4-16(20)23-10-17(21)24-11-18(22)25-19(2)14-6-12-5-13(8-14)9-15(19)7-12/h12-15H,3-11H2,1-2H3. The molecule has 25 heavy (non-hydrogen) atoms. The average molecular weight is 352 g/mol. The molecule has 140 valence electrons. The lowest BCUT2D eigenvalue weighted by Crippen LogP contribution is -2.58. The van der Waals surface area contributed by atoms with Gasteiger partial charge in [-0.15, -0.1) is 0 Å². The number of hydrogen-bond donors (Lipinski definition) is 0. The minimum absolute atomic E-state index is 0.262. The van der Waals surface area contributed by atoms with Crippen LogP contribution in [-0.2, 0) is 28.6 Å². The first-order chi connectivity index (χ1) is 11.9. The van der Waals surface area contributed by atoms with Crippen molar-refractivity contribution in [2.24, 2.45) is 23.7 Å². The fourth-order valence-electron chi connectivity index (χ4n) is 5.16. The molecule has 0 aromatic rings. The number of esters is 3. The fraction of sp³-hybridized carbons (Fsp3) is 0.842. The van der Waals surface area contributed by atoms with Crippen LogP contribution in [0.3, 0.4) is 0 Å². The zero-order valence-corrected chi connectivity index (χ0v) is 15.1. The van der Waals surface area contributed by atoms with Crippen LogP contribution in [-0.4, -0.2) is 36.7 Å². The molecule has 4 aliphatic carbocycles. The van der Waals surface area contributed by atoms with Crippen LogP contribution in [0.15, 0.2) is 0 Å². The second-order valence-corrected chi connectivity index (χ2v) is 8.03. The van der Waals surface area contributed by atoms with Crippen molar-refractivity contribution in [1.29, 1.82) is 0 Å². The van der Waals surface area contributed by atoms with Crippen molar-refractivity contribution in [3.63, 3.8) is 0 Å². The monoisotopic (exact) mass is 352 g/mol. The van der Waals surface area contributed by atoms with Crippen LogP contribution in [0.4, 0.5) is 0 Å². The van der Waals surface area contributed by atoms with Crippen LogP contribution in [0.1, 0.15) is 58.8 Å². The molecule has 0 amide bonds. The van der Waals surface area contributed by atoms with E-state index in [1.165, 1.54) is 6.42 Å². The number of rotatable bonds is 7. The van der Waals surface area contributed by atoms with Gasteiger partial charge in [-0.3, -0.25) is 4.79 Å². The lowest BCUT2D eigenvalue weighted by atomic mass is 9.50. The largest absolute Gasteiger partial charge is 0.456 e. The number of ether oxygens (including phenoxy) is 3. The van der Waals surface area contributed by atoms with E-state index < -0.39 is 36.7 Å². The maximum atomic E-state index is 12.2. The number of carbonyl (C=O) groups is 3. The second-order valence-electron chi connectivity index (χ2n) is 8.03. The van der Waals surface area contributed by atoms with Crippen LogP contribution < -0.4 is 0 Å². The zero-order chi connectivity index (χ0) is 18.0. The first-order valence-corrected chi connectivity index (χ1v) is 9.43. The average Bonchev–Trinajstić information content (AvgIpc) is 2.56. The number of carbonyl (C=O) groups excluding carboxylic acids is 3. The third-order valence-corrected chi connectivity index (χ3v) is 6.25. The van der Waals surface area contributed by atoms with E-state index in [0.29, 0.717) is 18.3 Å². The Hall–Kier alpha value is -1.59. The SMILES string of the molecule is CCCC(=O)OCC(=O)OCC(=O)OC1(C)C2CC3CC(C2)CC1C3. The predicted octanol–water partition coefficient (Wildman–Crippen LogP) is 2.63. The Morgan fingerprint density at radius 1 is 0.840 bits per heavy atom. The van der Waals surface area contributed by atoms with Crippen molar-refractivity contribution in [3.8, 4) is 0 Å². The summed E-state index contributed by atoms with van der Waals surface area (Å²) in [4.78, 5) is 35.0. The van der Waals surface area contributed by atoms with Crippen molar-refractivity contribution < 1.29 is 28.6 Å². The maximum Gasteiger partial charge on any atom is 0.344 e. The summed E-state index contributed by atoms with van der Waals surface area (Å²) >= 11 is 0. The Morgan fingerprint density at radius 3 is 1.92 bits per heavy atom. The predicted molar refractivity (Wildman–Crippen MR) is 88.4 cm³/mol. The Labute approximate surface area is 148 Å². The van der Waals surface area contributed by atoms with Gasteiger partial charge in [0.05, 0.1) is 0 Å². The van der Waals surface area contributed by atoms with E-state index in [4.69, 9.17) is 14.2 Å². The van der Waals surface area contributed by atoms with Gasteiger partial charge in [0.25, 0.3) is 0 Å². The lowest BCUT2D eigenvalue weighted by molar-refractivity contribution is -0.207. The molecule has 0 saturated heterocycles. The summed E-state index contributed by atoms with van der Waals surface area (Å²) in [5.41, 5.74) is -0.426. The highest BCUT2D eigenvalue weighted by atomic mass is 16.6. The van der Waals surface area contributed by atoms with E-state index in [-0.39, 0.29) is 6.42 Å². The van der Waals surface area contributed by atoms with Gasteiger partial charge < -0.3 is 14.2 Å². The smallest absolute Gasteiger partial charge is 0.344 e. The molecule has 6 nitrogen and oxygen atoms in total. The third-order valence-electron chi connectivity index (χ3n) is 6.25. The molecule has 0 aliphatic heterocycles. The Bertz CT molecular complexity index is 512. The summed E-state index contributed by atoms with van der Waals surface area (Å²) in [7, 11) is 0. The summed E-state index contributed by atoms with van der Waals surface area (Å²) in [6.07, 6.45) is 6.83. The summed E-state index contributed by atoms with van der Waals surface area (Å²) in [5, 5.41) is 0.